The van der Waals surface area contributed by atoms with Crippen LogP contribution in [0.2, 0.25) is 0 Å². The van der Waals surface area contributed by atoms with Crippen LogP contribution in [-0.2, 0) is 0 Å². The first kappa shape index (κ1) is 11.2. The summed E-state index contributed by atoms with van der Waals surface area (Å²) in [7, 11) is 0. The van der Waals surface area contributed by atoms with Crippen LogP contribution < -0.4 is 4.90 Å². The predicted octanol–water partition coefficient (Wildman–Crippen LogP) is 0.925. The third kappa shape index (κ3) is 1.56. The Bertz CT molecular complexity index is 611. The number of aliphatic hydroxyl groups is 1. The summed E-state index contributed by atoms with van der Waals surface area (Å²) in [6, 6.07) is 0.786. The second kappa shape index (κ2) is 3.90. The Morgan fingerprint density at radius 2 is 1.95 bits per heavy atom. The second-order valence-electron chi connectivity index (χ2n) is 5.61. The van der Waals surface area contributed by atoms with E-state index in [0.29, 0.717) is 12.1 Å². The van der Waals surface area contributed by atoms with E-state index in [2.05, 4.69) is 20.1 Å². The highest BCUT2D eigenvalue weighted by atomic mass is 16.3. The number of aryl methyl sites for hydroxylation is 1. The zero-order chi connectivity index (χ0) is 13.0. The topological polar surface area (TPSA) is 66.5 Å². The average molecular weight is 259 g/mol. The van der Waals surface area contributed by atoms with Gasteiger partial charge < -0.3 is 10.0 Å². The molecule has 2 aromatic rings. The molecule has 0 radical (unpaired) electrons. The van der Waals surface area contributed by atoms with Crippen LogP contribution in [0.5, 0.6) is 0 Å². The van der Waals surface area contributed by atoms with Crippen LogP contribution in [0.4, 0.5) is 5.82 Å². The third-order valence-corrected chi connectivity index (χ3v) is 4.43. The number of fused-ring (bicyclic) bond motifs is 3. The van der Waals surface area contributed by atoms with E-state index >= 15 is 0 Å². The third-order valence-electron chi connectivity index (χ3n) is 4.43. The maximum absolute atomic E-state index is 9.89. The first-order valence-electron chi connectivity index (χ1n) is 6.87. The average Bonchev–Trinajstić information content (AvgIpc) is 2.89. The number of piperidine rings is 1. The molecular weight excluding hydrogens is 242 g/mol. The normalized spacial score (nSPS) is 30.2. The standard InChI is InChI=1S/C13H17N5O/c1-8-15-16-13-12(14-4-5-17(8)13)18-9-2-3-10(18)7-11(19)6-9/h4-5,9-11,19H,2-3,6-7H2,1H3. The summed E-state index contributed by atoms with van der Waals surface area (Å²) in [5, 5.41) is 18.3. The van der Waals surface area contributed by atoms with Crippen LogP contribution in [-0.4, -0.2) is 42.9 Å². The van der Waals surface area contributed by atoms with E-state index in [1.807, 2.05) is 23.7 Å². The van der Waals surface area contributed by atoms with Gasteiger partial charge in [0, 0.05) is 24.5 Å². The molecular formula is C13H17N5O. The van der Waals surface area contributed by atoms with E-state index in [9.17, 15) is 5.11 Å². The number of nitrogens with zero attached hydrogens (tertiary/aromatic N) is 5. The first-order chi connectivity index (χ1) is 9.24. The molecule has 0 amide bonds. The molecule has 2 unspecified atom stereocenters. The Balaban J connectivity index is 1.83. The number of hydrogen-bond donors (Lipinski definition) is 1. The summed E-state index contributed by atoms with van der Waals surface area (Å²) in [5.74, 6) is 1.80. The van der Waals surface area contributed by atoms with Gasteiger partial charge in [0.25, 0.3) is 0 Å². The molecule has 2 fully saturated rings. The summed E-state index contributed by atoms with van der Waals surface area (Å²) in [5.41, 5.74) is 0.827. The fourth-order valence-corrected chi connectivity index (χ4v) is 3.60. The molecule has 1 N–H and O–H groups in total. The van der Waals surface area contributed by atoms with Crippen LogP contribution in [0, 0.1) is 6.92 Å². The molecule has 2 aromatic heterocycles. The molecule has 2 saturated heterocycles. The van der Waals surface area contributed by atoms with E-state index in [1.54, 1.807) is 0 Å². The molecule has 2 aliphatic rings. The first-order valence-corrected chi connectivity index (χ1v) is 6.87. The van der Waals surface area contributed by atoms with Crippen LogP contribution in [0.3, 0.4) is 0 Å². The minimum atomic E-state index is -0.159. The molecule has 4 rings (SSSR count). The van der Waals surface area contributed by atoms with Crippen molar-refractivity contribution in [1.29, 1.82) is 0 Å². The summed E-state index contributed by atoms with van der Waals surface area (Å²) in [4.78, 5) is 6.89. The van der Waals surface area contributed by atoms with Crippen molar-refractivity contribution in [2.75, 3.05) is 4.90 Å². The smallest absolute Gasteiger partial charge is 0.203 e. The number of hydrogen-bond acceptors (Lipinski definition) is 5. The van der Waals surface area contributed by atoms with Gasteiger partial charge in [-0.25, -0.2) is 4.98 Å². The van der Waals surface area contributed by atoms with E-state index in [4.69, 9.17) is 0 Å². The molecule has 0 saturated carbocycles. The van der Waals surface area contributed by atoms with Gasteiger partial charge in [-0.3, -0.25) is 4.40 Å². The van der Waals surface area contributed by atoms with Crippen molar-refractivity contribution in [3.8, 4) is 0 Å². The number of rotatable bonds is 1. The molecule has 4 heterocycles. The lowest BCUT2D eigenvalue weighted by atomic mass is 10.00. The molecule has 0 aromatic carbocycles. The predicted molar refractivity (Wildman–Crippen MR) is 70.0 cm³/mol. The highest BCUT2D eigenvalue weighted by molar-refractivity contribution is 5.65. The van der Waals surface area contributed by atoms with Crippen LogP contribution in [0.25, 0.3) is 5.65 Å². The molecule has 0 aliphatic carbocycles. The zero-order valence-corrected chi connectivity index (χ0v) is 10.9. The number of aliphatic hydroxyl groups excluding tert-OH is 1. The molecule has 2 bridgehead atoms. The monoisotopic (exact) mass is 259 g/mol. The van der Waals surface area contributed by atoms with Crippen molar-refractivity contribution >= 4 is 11.5 Å². The lowest BCUT2D eigenvalue weighted by Gasteiger charge is -2.37. The van der Waals surface area contributed by atoms with Crippen LogP contribution in [0.1, 0.15) is 31.5 Å². The summed E-state index contributed by atoms with van der Waals surface area (Å²) in [6.07, 6.45) is 7.50. The lowest BCUT2D eigenvalue weighted by Crippen LogP contribution is -2.45. The molecule has 2 atom stereocenters. The second-order valence-corrected chi connectivity index (χ2v) is 5.61. The molecule has 0 spiro atoms. The lowest BCUT2D eigenvalue weighted by molar-refractivity contribution is 0.126. The van der Waals surface area contributed by atoms with Gasteiger partial charge in [-0.2, -0.15) is 0 Å². The van der Waals surface area contributed by atoms with Gasteiger partial charge in [0.2, 0.25) is 5.65 Å². The fraction of sp³-hybridized carbons (Fsp3) is 0.615. The largest absolute Gasteiger partial charge is 0.393 e. The summed E-state index contributed by atoms with van der Waals surface area (Å²) >= 11 is 0. The van der Waals surface area contributed by atoms with Crippen molar-refractivity contribution < 1.29 is 5.11 Å². The number of aromatic nitrogens is 4. The van der Waals surface area contributed by atoms with E-state index in [0.717, 1.165) is 43.0 Å². The van der Waals surface area contributed by atoms with E-state index < -0.39 is 0 Å². The van der Waals surface area contributed by atoms with Gasteiger partial charge in [-0.1, -0.05) is 0 Å². The SMILES string of the molecule is Cc1nnc2c(N3C4CCC3CC(O)C4)nccn12. The van der Waals surface area contributed by atoms with Crippen molar-refractivity contribution in [3.63, 3.8) is 0 Å². The van der Waals surface area contributed by atoms with E-state index in [1.165, 1.54) is 0 Å². The van der Waals surface area contributed by atoms with Crippen molar-refractivity contribution in [1.82, 2.24) is 19.6 Å². The van der Waals surface area contributed by atoms with Crippen LogP contribution in [0.15, 0.2) is 12.4 Å². The summed E-state index contributed by atoms with van der Waals surface area (Å²) < 4.78 is 1.98. The van der Waals surface area contributed by atoms with Gasteiger partial charge in [0.05, 0.1) is 6.10 Å². The van der Waals surface area contributed by atoms with Crippen LogP contribution >= 0.6 is 0 Å². The Morgan fingerprint density at radius 3 is 2.68 bits per heavy atom. The minimum absolute atomic E-state index is 0.159. The van der Waals surface area contributed by atoms with Gasteiger partial charge >= 0.3 is 0 Å². The van der Waals surface area contributed by atoms with Crippen molar-refractivity contribution in [2.45, 2.75) is 50.8 Å². The van der Waals surface area contributed by atoms with Gasteiger partial charge in [0.1, 0.15) is 5.82 Å². The maximum Gasteiger partial charge on any atom is 0.203 e. The Kier molecular flexibility index (Phi) is 2.29. The fourth-order valence-electron chi connectivity index (χ4n) is 3.60. The Labute approximate surface area is 111 Å². The Hall–Kier alpha value is -1.69. The van der Waals surface area contributed by atoms with Crippen molar-refractivity contribution in [2.24, 2.45) is 0 Å². The quantitative estimate of drug-likeness (QED) is 0.825. The number of anilines is 1. The zero-order valence-electron chi connectivity index (χ0n) is 10.9. The van der Waals surface area contributed by atoms with Gasteiger partial charge in [0.15, 0.2) is 5.82 Å². The highest BCUT2D eigenvalue weighted by Gasteiger charge is 2.41. The molecule has 6 heteroatoms. The molecule has 2 aliphatic heterocycles. The van der Waals surface area contributed by atoms with Crippen molar-refractivity contribution in [3.05, 3.63) is 18.2 Å². The Morgan fingerprint density at radius 1 is 1.21 bits per heavy atom. The summed E-state index contributed by atoms with van der Waals surface area (Å²) in [6.45, 7) is 1.94. The minimum Gasteiger partial charge on any atom is -0.393 e. The van der Waals surface area contributed by atoms with Gasteiger partial charge in [-0.15, -0.1) is 10.2 Å². The van der Waals surface area contributed by atoms with Gasteiger partial charge in [-0.05, 0) is 32.6 Å². The van der Waals surface area contributed by atoms with E-state index in [-0.39, 0.29) is 6.10 Å². The highest BCUT2D eigenvalue weighted by Crippen LogP contribution is 2.39. The molecule has 100 valence electrons. The molecule has 6 nitrogen and oxygen atoms in total. The molecule has 19 heavy (non-hydrogen) atoms. The maximum atomic E-state index is 9.89.